The standard InChI is InChI=1S/C15H21Cl2NO/c1-3-14(11-5-6-12(16)13(17)9-11)18-10-15(19-2)7-4-8-15/h5-6,9,14,18H,3-4,7-8,10H2,1-2H3. The summed E-state index contributed by atoms with van der Waals surface area (Å²) in [7, 11) is 1.81. The minimum atomic E-state index is 0.0453. The summed E-state index contributed by atoms with van der Waals surface area (Å²) in [6, 6.07) is 6.14. The van der Waals surface area contributed by atoms with Crippen LogP contribution in [0.5, 0.6) is 0 Å². The van der Waals surface area contributed by atoms with Crippen molar-refractivity contribution in [2.24, 2.45) is 0 Å². The Labute approximate surface area is 125 Å². The number of halogens is 2. The maximum atomic E-state index is 6.09. The van der Waals surface area contributed by atoms with Crippen LogP contribution in [0.4, 0.5) is 0 Å². The Balaban J connectivity index is 2.01. The lowest BCUT2D eigenvalue weighted by molar-refractivity contribution is -0.0709. The fourth-order valence-corrected chi connectivity index (χ4v) is 2.87. The molecule has 1 aliphatic carbocycles. The van der Waals surface area contributed by atoms with Gasteiger partial charge in [-0.15, -0.1) is 0 Å². The van der Waals surface area contributed by atoms with Crippen molar-refractivity contribution in [3.8, 4) is 0 Å². The Kier molecular flexibility index (Phi) is 5.13. The molecule has 1 N–H and O–H groups in total. The highest BCUT2D eigenvalue weighted by molar-refractivity contribution is 6.42. The van der Waals surface area contributed by atoms with Crippen LogP contribution in [-0.4, -0.2) is 19.3 Å². The van der Waals surface area contributed by atoms with Gasteiger partial charge in [-0.25, -0.2) is 0 Å². The van der Waals surface area contributed by atoms with Crippen LogP contribution in [0, 0.1) is 0 Å². The van der Waals surface area contributed by atoms with E-state index in [9.17, 15) is 0 Å². The quantitative estimate of drug-likeness (QED) is 0.829. The highest BCUT2D eigenvalue weighted by Gasteiger charge is 2.37. The molecule has 1 aliphatic rings. The molecular formula is C15H21Cl2NO. The molecule has 106 valence electrons. The van der Waals surface area contributed by atoms with Gasteiger partial charge in [-0.05, 0) is 43.4 Å². The molecular weight excluding hydrogens is 281 g/mol. The first-order valence-corrected chi connectivity index (χ1v) is 7.59. The summed E-state index contributed by atoms with van der Waals surface area (Å²) >= 11 is 12.0. The van der Waals surface area contributed by atoms with Crippen molar-refractivity contribution >= 4 is 23.2 Å². The van der Waals surface area contributed by atoms with E-state index in [1.807, 2.05) is 18.2 Å². The predicted octanol–water partition coefficient (Wildman–Crippen LogP) is 4.60. The van der Waals surface area contributed by atoms with E-state index < -0.39 is 0 Å². The highest BCUT2D eigenvalue weighted by Crippen LogP contribution is 2.35. The van der Waals surface area contributed by atoms with Crippen LogP contribution >= 0.6 is 23.2 Å². The lowest BCUT2D eigenvalue weighted by atomic mass is 9.79. The van der Waals surface area contributed by atoms with Gasteiger partial charge in [0.1, 0.15) is 0 Å². The molecule has 19 heavy (non-hydrogen) atoms. The summed E-state index contributed by atoms with van der Waals surface area (Å²) in [5.74, 6) is 0. The Hall–Kier alpha value is -0.280. The predicted molar refractivity (Wildman–Crippen MR) is 81.1 cm³/mol. The molecule has 1 aromatic rings. The van der Waals surface area contributed by atoms with Crippen LogP contribution in [0.1, 0.15) is 44.2 Å². The molecule has 1 atom stereocenters. The van der Waals surface area contributed by atoms with E-state index in [1.54, 1.807) is 7.11 Å². The number of benzene rings is 1. The first kappa shape index (κ1) is 15.1. The van der Waals surface area contributed by atoms with E-state index in [-0.39, 0.29) is 5.60 Å². The van der Waals surface area contributed by atoms with Crippen LogP contribution < -0.4 is 5.32 Å². The van der Waals surface area contributed by atoms with Crippen LogP contribution in [0.2, 0.25) is 10.0 Å². The summed E-state index contributed by atoms with van der Waals surface area (Å²) in [6.07, 6.45) is 4.57. The summed E-state index contributed by atoms with van der Waals surface area (Å²) in [5.41, 5.74) is 1.23. The van der Waals surface area contributed by atoms with E-state index in [1.165, 1.54) is 12.0 Å². The van der Waals surface area contributed by atoms with Gasteiger partial charge < -0.3 is 10.1 Å². The third kappa shape index (κ3) is 3.43. The van der Waals surface area contributed by atoms with Crippen LogP contribution in [-0.2, 0) is 4.74 Å². The minimum absolute atomic E-state index is 0.0453. The van der Waals surface area contributed by atoms with E-state index >= 15 is 0 Å². The number of hydrogen-bond donors (Lipinski definition) is 1. The molecule has 0 heterocycles. The lowest BCUT2D eigenvalue weighted by Crippen LogP contribution is -2.48. The molecule has 0 amide bonds. The molecule has 2 nitrogen and oxygen atoms in total. The fraction of sp³-hybridized carbons (Fsp3) is 0.600. The summed E-state index contributed by atoms with van der Waals surface area (Å²) in [5, 5.41) is 4.82. The SMILES string of the molecule is CCC(NCC1(OC)CCC1)c1ccc(Cl)c(Cl)c1. The Morgan fingerprint density at radius 3 is 2.53 bits per heavy atom. The topological polar surface area (TPSA) is 21.3 Å². The van der Waals surface area contributed by atoms with Gasteiger partial charge in [0, 0.05) is 19.7 Å². The van der Waals surface area contributed by atoms with Crippen molar-refractivity contribution in [3.05, 3.63) is 33.8 Å². The second kappa shape index (κ2) is 6.45. The van der Waals surface area contributed by atoms with Gasteiger partial charge in [0.2, 0.25) is 0 Å². The third-order valence-corrected chi connectivity index (χ3v) is 4.86. The van der Waals surface area contributed by atoms with Crippen molar-refractivity contribution in [1.82, 2.24) is 5.32 Å². The minimum Gasteiger partial charge on any atom is -0.377 e. The maximum Gasteiger partial charge on any atom is 0.0802 e. The van der Waals surface area contributed by atoms with E-state index in [0.717, 1.165) is 25.8 Å². The van der Waals surface area contributed by atoms with Gasteiger partial charge in [0.05, 0.1) is 15.6 Å². The van der Waals surface area contributed by atoms with Crippen LogP contribution in [0.25, 0.3) is 0 Å². The highest BCUT2D eigenvalue weighted by atomic mass is 35.5. The molecule has 4 heteroatoms. The third-order valence-electron chi connectivity index (χ3n) is 4.12. The van der Waals surface area contributed by atoms with Crippen molar-refractivity contribution in [3.63, 3.8) is 0 Å². The molecule has 1 unspecified atom stereocenters. The number of nitrogens with one attached hydrogen (secondary N) is 1. The maximum absolute atomic E-state index is 6.09. The zero-order valence-electron chi connectivity index (χ0n) is 11.5. The number of hydrogen-bond acceptors (Lipinski definition) is 2. The second-order valence-corrected chi connectivity index (χ2v) is 6.07. The van der Waals surface area contributed by atoms with Crippen molar-refractivity contribution in [2.45, 2.75) is 44.2 Å². The first-order chi connectivity index (χ1) is 9.10. The Morgan fingerprint density at radius 1 is 1.32 bits per heavy atom. The Morgan fingerprint density at radius 2 is 2.05 bits per heavy atom. The second-order valence-electron chi connectivity index (χ2n) is 5.26. The molecule has 1 saturated carbocycles. The molecule has 0 bridgehead atoms. The normalized spacial score (nSPS) is 18.9. The van der Waals surface area contributed by atoms with Gasteiger partial charge in [-0.1, -0.05) is 36.2 Å². The smallest absolute Gasteiger partial charge is 0.0802 e. The zero-order valence-corrected chi connectivity index (χ0v) is 13.0. The average Bonchev–Trinajstić information content (AvgIpc) is 2.37. The van der Waals surface area contributed by atoms with Gasteiger partial charge >= 0.3 is 0 Å². The summed E-state index contributed by atoms with van der Waals surface area (Å²) in [4.78, 5) is 0. The molecule has 0 aromatic heterocycles. The Bertz CT molecular complexity index is 427. The zero-order chi connectivity index (χ0) is 13.9. The number of ether oxygens (including phenoxy) is 1. The monoisotopic (exact) mass is 301 g/mol. The molecule has 1 fully saturated rings. The first-order valence-electron chi connectivity index (χ1n) is 6.84. The molecule has 2 rings (SSSR count). The van der Waals surface area contributed by atoms with Gasteiger partial charge in [0.25, 0.3) is 0 Å². The molecule has 0 radical (unpaired) electrons. The van der Waals surface area contributed by atoms with Gasteiger partial charge in [-0.3, -0.25) is 0 Å². The van der Waals surface area contributed by atoms with Gasteiger partial charge in [-0.2, -0.15) is 0 Å². The van der Waals surface area contributed by atoms with Gasteiger partial charge in [0.15, 0.2) is 0 Å². The van der Waals surface area contributed by atoms with Crippen molar-refractivity contribution < 1.29 is 4.74 Å². The molecule has 1 aromatic carbocycles. The van der Waals surface area contributed by atoms with Crippen molar-refractivity contribution in [2.75, 3.05) is 13.7 Å². The van der Waals surface area contributed by atoms with E-state index in [0.29, 0.717) is 16.1 Å². The van der Waals surface area contributed by atoms with Crippen LogP contribution in [0.15, 0.2) is 18.2 Å². The summed E-state index contributed by atoms with van der Waals surface area (Å²) in [6.45, 7) is 3.06. The average molecular weight is 302 g/mol. The van der Waals surface area contributed by atoms with E-state index in [2.05, 4.69) is 12.2 Å². The van der Waals surface area contributed by atoms with Crippen LogP contribution in [0.3, 0.4) is 0 Å². The summed E-state index contributed by atoms with van der Waals surface area (Å²) < 4.78 is 5.64. The molecule has 0 aliphatic heterocycles. The fourth-order valence-electron chi connectivity index (χ4n) is 2.56. The molecule has 0 saturated heterocycles. The number of rotatable bonds is 6. The largest absolute Gasteiger partial charge is 0.377 e. The van der Waals surface area contributed by atoms with E-state index in [4.69, 9.17) is 27.9 Å². The van der Waals surface area contributed by atoms with Crippen molar-refractivity contribution in [1.29, 1.82) is 0 Å². The lowest BCUT2D eigenvalue weighted by Gasteiger charge is -2.41. The molecule has 0 spiro atoms. The number of methoxy groups -OCH3 is 1.